The lowest BCUT2D eigenvalue weighted by atomic mass is 9.99. The van der Waals surface area contributed by atoms with E-state index in [4.69, 9.17) is 4.78 Å². The van der Waals surface area contributed by atoms with Crippen molar-refractivity contribution in [3.63, 3.8) is 0 Å². The summed E-state index contributed by atoms with van der Waals surface area (Å²) in [7, 11) is -0.649. The van der Waals surface area contributed by atoms with Crippen molar-refractivity contribution in [2.24, 2.45) is 0 Å². The number of nitrogens with one attached hydrogen (secondary N) is 1. The third-order valence-corrected chi connectivity index (χ3v) is 4.63. The number of Topliss-reactive ketones (excluding diaryl/α,β-unsaturated/α-hetero) is 1. The van der Waals surface area contributed by atoms with E-state index < -0.39 is 10.7 Å². The summed E-state index contributed by atoms with van der Waals surface area (Å²) in [4.78, 5) is 12.7. The van der Waals surface area contributed by atoms with Crippen molar-refractivity contribution < 1.29 is 4.79 Å². The predicted octanol–water partition coefficient (Wildman–Crippen LogP) is 2.94. The van der Waals surface area contributed by atoms with Crippen LogP contribution in [0.5, 0.6) is 0 Å². The summed E-state index contributed by atoms with van der Waals surface area (Å²) in [5.41, 5.74) is 0. The Hall–Kier alpha value is -0.960. The topological polar surface area (TPSA) is 40.9 Å². The van der Waals surface area contributed by atoms with E-state index in [1.807, 2.05) is 30.3 Å². The second-order valence-electron chi connectivity index (χ2n) is 3.85. The molecule has 15 heavy (non-hydrogen) atoms. The fraction of sp³-hybridized carbons (Fsp3) is 0.417. The third-order valence-electron chi connectivity index (χ3n) is 2.78. The highest BCUT2D eigenvalue weighted by molar-refractivity contribution is 7.87. The van der Waals surface area contributed by atoms with Gasteiger partial charge in [0.15, 0.2) is 0 Å². The Morgan fingerprint density at radius 1 is 1.20 bits per heavy atom. The van der Waals surface area contributed by atoms with E-state index in [1.165, 1.54) is 0 Å². The quantitative estimate of drug-likeness (QED) is 0.819. The summed E-state index contributed by atoms with van der Waals surface area (Å²) in [5.74, 6) is 0.295. The highest BCUT2D eigenvalue weighted by atomic mass is 32.2. The maximum Gasteiger partial charge on any atom is 0.147 e. The van der Waals surface area contributed by atoms with Gasteiger partial charge < -0.3 is 0 Å². The first-order valence-electron chi connectivity index (χ1n) is 5.31. The van der Waals surface area contributed by atoms with Crippen LogP contribution in [0.3, 0.4) is 0 Å². The average Bonchev–Trinajstić information content (AvgIpc) is 2.30. The lowest BCUT2D eigenvalue weighted by molar-refractivity contribution is -0.119. The van der Waals surface area contributed by atoms with Crippen LogP contribution >= 0.6 is 0 Å². The average molecular weight is 221 g/mol. The van der Waals surface area contributed by atoms with Gasteiger partial charge in [-0.2, -0.15) is 0 Å². The molecule has 0 aromatic heterocycles. The van der Waals surface area contributed by atoms with Crippen molar-refractivity contribution in [3.05, 3.63) is 30.3 Å². The molecule has 0 bridgehead atoms. The number of carbonyl (C=O) groups excluding carboxylic acids is 1. The highest BCUT2D eigenvalue weighted by Crippen LogP contribution is 2.23. The Labute approximate surface area is 92.6 Å². The van der Waals surface area contributed by atoms with E-state index in [9.17, 15) is 4.79 Å². The molecule has 2 nitrogen and oxygen atoms in total. The van der Waals surface area contributed by atoms with E-state index in [1.54, 1.807) is 0 Å². The van der Waals surface area contributed by atoms with Gasteiger partial charge in [-0.1, -0.05) is 35.3 Å². The van der Waals surface area contributed by atoms with Gasteiger partial charge in [-0.25, -0.2) is 0 Å². The molecule has 0 saturated heterocycles. The smallest absolute Gasteiger partial charge is 0.147 e. The van der Waals surface area contributed by atoms with E-state index in [0.717, 1.165) is 24.2 Å². The second-order valence-corrected chi connectivity index (χ2v) is 5.57. The van der Waals surface area contributed by atoms with Gasteiger partial charge in [-0.3, -0.25) is 9.57 Å². The standard InChI is InChI=1S/C12H15NOS/c13-15(10-6-2-1-3-7-10)12-9-5-4-8-11(12)14/h1-3,6-7,12-13H,4-5,8-9H2. The number of benzene rings is 1. The number of carbonyl (C=O) groups is 1. The van der Waals surface area contributed by atoms with Crippen molar-refractivity contribution >= 4 is 16.5 Å². The number of hydrogen-bond donors (Lipinski definition) is 1. The van der Waals surface area contributed by atoms with Gasteiger partial charge in [-0.15, -0.1) is 0 Å². The van der Waals surface area contributed by atoms with Gasteiger partial charge in [0.25, 0.3) is 0 Å². The Balaban J connectivity index is 2.17. The first-order chi connectivity index (χ1) is 7.29. The van der Waals surface area contributed by atoms with Crippen LogP contribution in [0.2, 0.25) is 0 Å². The molecule has 2 rings (SSSR count). The zero-order valence-corrected chi connectivity index (χ0v) is 9.43. The molecule has 0 radical (unpaired) electrons. The molecule has 1 aliphatic rings. The fourth-order valence-corrected chi connectivity index (χ4v) is 3.49. The van der Waals surface area contributed by atoms with E-state index in [0.29, 0.717) is 12.2 Å². The Kier molecular flexibility index (Phi) is 3.31. The molecule has 2 unspecified atom stereocenters. The summed E-state index contributed by atoms with van der Waals surface area (Å²) >= 11 is 0. The van der Waals surface area contributed by atoms with Gasteiger partial charge in [0.05, 0.1) is 5.25 Å². The van der Waals surface area contributed by atoms with Gasteiger partial charge in [0.1, 0.15) is 5.78 Å². The van der Waals surface area contributed by atoms with Crippen LogP contribution in [0.1, 0.15) is 25.7 Å². The van der Waals surface area contributed by atoms with Crippen LogP contribution in [0.25, 0.3) is 0 Å². The molecular formula is C12H15NOS. The Bertz CT molecular complexity index is 374. The second kappa shape index (κ2) is 4.71. The zero-order chi connectivity index (χ0) is 10.7. The van der Waals surface area contributed by atoms with Crippen molar-refractivity contribution in [3.8, 4) is 0 Å². The maximum atomic E-state index is 11.7. The number of ketones is 1. The monoisotopic (exact) mass is 221 g/mol. The molecule has 1 saturated carbocycles. The zero-order valence-electron chi connectivity index (χ0n) is 8.61. The van der Waals surface area contributed by atoms with Crippen molar-refractivity contribution in [1.29, 1.82) is 4.78 Å². The van der Waals surface area contributed by atoms with Crippen LogP contribution in [0.4, 0.5) is 0 Å². The first kappa shape index (κ1) is 10.6. The molecule has 3 heteroatoms. The van der Waals surface area contributed by atoms with Gasteiger partial charge in [0.2, 0.25) is 0 Å². The summed E-state index contributed by atoms with van der Waals surface area (Å²) in [6.45, 7) is 0. The summed E-state index contributed by atoms with van der Waals surface area (Å²) < 4.78 is 8.14. The van der Waals surface area contributed by atoms with Gasteiger partial charge in [-0.05, 0) is 25.0 Å². The van der Waals surface area contributed by atoms with Crippen molar-refractivity contribution in [2.45, 2.75) is 35.8 Å². The molecule has 0 aliphatic heterocycles. The van der Waals surface area contributed by atoms with Crippen LogP contribution < -0.4 is 0 Å². The van der Waals surface area contributed by atoms with Crippen molar-refractivity contribution in [2.75, 3.05) is 0 Å². The molecule has 80 valence electrons. The maximum absolute atomic E-state index is 11.7. The number of rotatable bonds is 2. The minimum Gasteiger partial charge on any atom is -0.298 e. The Morgan fingerprint density at radius 3 is 2.60 bits per heavy atom. The lowest BCUT2D eigenvalue weighted by Gasteiger charge is -2.22. The van der Waals surface area contributed by atoms with Crippen LogP contribution in [0.15, 0.2) is 35.2 Å². The van der Waals surface area contributed by atoms with E-state index in [2.05, 4.69) is 0 Å². The lowest BCUT2D eigenvalue weighted by Crippen LogP contribution is -2.28. The number of hydrogen-bond acceptors (Lipinski definition) is 2. The van der Waals surface area contributed by atoms with E-state index in [-0.39, 0.29) is 5.25 Å². The molecule has 0 heterocycles. The summed E-state index contributed by atoms with van der Waals surface area (Å²) in [6.07, 6.45) is 3.70. The molecule has 1 fully saturated rings. The van der Waals surface area contributed by atoms with Crippen LogP contribution in [-0.4, -0.2) is 11.0 Å². The normalized spacial score (nSPS) is 23.7. The highest BCUT2D eigenvalue weighted by Gasteiger charge is 2.25. The van der Waals surface area contributed by atoms with Crippen molar-refractivity contribution in [1.82, 2.24) is 0 Å². The SMILES string of the molecule is N=S(c1ccccc1)C1CCCCC1=O. The minimum absolute atomic E-state index is 0.0406. The molecule has 1 aliphatic carbocycles. The molecule has 1 aromatic rings. The van der Waals surface area contributed by atoms with Gasteiger partial charge >= 0.3 is 0 Å². The first-order valence-corrected chi connectivity index (χ1v) is 6.60. The molecule has 0 amide bonds. The molecule has 0 spiro atoms. The van der Waals surface area contributed by atoms with Crippen LogP contribution in [-0.2, 0) is 15.5 Å². The molecule has 2 atom stereocenters. The largest absolute Gasteiger partial charge is 0.298 e. The fourth-order valence-electron chi connectivity index (χ4n) is 1.93. The minimum atomic E-state index is -0.649. The molecule has 1 N–H and O–H groups in total. The van der Waals surface area contributed by atoms with Crippen LogP contribution in [0, 0.1) is 4.78 Å². The van der Waals surface area contributed by atoms with E-state index >= 15 is 0 Å². The predicted molar refractivity (Wildman–Crippen MR) is 62.1 cm³/mol. The summed E-state index contributed by atoms with van der Waals surface area (Å²) in [6, 6.07) is 9.74. The molecular weight excluding hydrogens is 206 g/mol. The third kappa shape index (κ3) is 2.34. The summed E-state index contributed by atoms with van der Waals surface area (Å²) in [5, 5.41) is -0.0406. The van der Waals surface area contributed by atoms with Gasteiger partial charge in [0, 0.05) is 11.3 Å². The Morgan fingerprint density at radius 2 is 1.93 bits per heavy atom. The molecule has 1 aromatic carbocycles.